The zero-order valence-corrected chi connectivity index (χ0v) is 5.45. The van der Waals surface area contributed by atoms with Gasteiger partial charge in [0.1, 0.15) is 0 Å². The molecular weight excluding hydrogens is 325 g/mol. The first kappa shape index (κ1) is 15.7. The van der Waals surface area contributed by atoms with Crippen molar-refractivity contribution in [2.45, 2.75) is 0 Å². The van der Waals surface area contributed by atoms with E-state index in [-0.39, 0.29) is 81.6 Å². The molecule has 0 atom stereocenters. The predicted molar refractivity (Wildman–Crippen MR) is 10.3 cm³/mol. The van der Waals surface area contributed by atoms with Crippen LogP contribution in [-0.4, -0.2) is 48.9 Å². The third-order valence-electron chi connectivity index (χ3n) is 0. The fourth-order valence-corrected chi connectivity index (χ4v) is 0. The van der Waals surface area contributed by atoms with E-state index in [1.165, 1.54) is 0 Å². The summed E-state index contributed by atoms with van der Waals surface area (Å²) < 4.78 is 17.8. The van der Waals surface area contributed by atoms with Crippen molar-refractivity contribution in [3.05, 3.63) is 0 Å². The summed E-state index contributed by atoms with van der Waals surface area (Å²) in [5.41, 5.74) is 0. The minimum absolute atomic E-state index is 0. The van der Waals surface area contributed by atoms with E-state index >= 15 is 0 Å². The first-order valence-electron chi connectivity index (χ1n) is 0.237. The normalized spacial score (nSPS) is 4.20. The van der Waals surface area contributed by atoms with E-state index in [4.69, 9.17) is 3.83 Å². The van der Waals surface area contributed by atoms with E-state index in [1.807, 2.05) is 0 Å². The third-order valence-corrected chi connectivity index (χ3v) is 0. The van der Waals surface area contributed by atoms with Gasteiger partial charge in [-0.2, -0.15) is 0 Å². The molecule has 5 heteroatoms. The Hall–Kier alpha value is 2.92. The molecular formula is H2BaCuFOY. The van der Waals surface area contributed by atoms with Gasteiger partial charge in [-0.05, 0) is 0 Å². The standard InChI is InChI=1S/Ba.Cu.FH.O.Y.2H/h;;1H;;;;/q;+1;;;;;/p-1. The maximum atomic E-state index is 9.64. The monoisotopic (exact) mass is 327 g/mol. The van der Waals surface area contributed by atoms with E-state index in [1.54, 1.807) is 0 Å². The number of halogens is 1. The van der Waals surface area contributed by atoms with Crippen molar-refractivity contribution in [2.24, 2.45) is 0 Å². The molecule has 0 aliphatic carbocycles. The molecule has 0 heterocycles. The van der Waals surface area contributed by atoms with Crippen LogP contribution in [0.5, 0.6) is 0 Å². The van der Waals surface area contributed by atoms with Crippen LogP contribution in [0.3, 0.4) is 0 Å². The van der Waals surface area contributed by atoms with Crippen LogP contribution in [0.4, 0.5) is 3.55 Å². The summed E-state index contributed by atoms with van der Waals surface area (Å²) in [5.74, 6) is 0. The first-order valence-corrected chi connectivity index (χ1v) is 0.977. The van der Waals surface area contributed by atoms with Crippen LogP contribution in [0.15, 0.2) is 0 Å². The van der Waals surface area contributed by atoms with Crippen molar-refractivity contribution in [3.63, 3.8) is 0 Å². The molecule has 0 amide bonds. The summed E-state index contributed by atoms with van der Waals surface area (Å²) in [4.78, 5) is 0. The van der Waals surface area contributed by atoms with Gasteiger partial charge in [-0.15, -0.1) is 0 Å². The summed E-state index contributed by atoms with van der Waals surface area (Å²) in [7, 11) is 0. The molecule has 0 aromatic heterocycles. The van der Waals surface area contributed by atoms with E-state index in [0.717, 1.165) is 0 Å². The zero-order valence-electron chi connectivity index (χ0n) is 1.67. The second kappa shape index (κ2) is 15.8. The molecule has 0 bridgehead atoms. The molecule has 0 aliphatic rings. The minimum Gasteiger partial charge on any atom is 0 e. The summed E-state index contributed by atoms with van der Waals surface area (Å²) >= 11 is -0.938. The van der Waals surface area contributed by atoms with Crippen LogP contribution in [0.2, 0.25) is 0 Å². The third kappa shape index (κ3) is 19.6. The van der Waals surface area contributed by atoms with Crippen LogP contribution in [0.25, 0.3) is 0 Å². The van der Waals surface area contributed by atoms with Crippen molar-refractivity contribution >= 4 is 48.9 Å². The van der Waals surface area contributed by atoms with Gasteiger partial charge in [-0.3, -0.25) is 0 Å². The summed E-state index contributed by atoms with van der Waals surface area (Å²) in [6.07, 6.45) is 0. The molecule has 0 saturated carbocycles. The molecule has 0 aromatic rings. The maximum Gasteiger partial charge on any atom is 0 e. The average Bonchev–Trinajstić information content (AvgIpc) is 0.918. The van der Waals surface area contributed by atoms with E-state index < -0.39 is 15.3 Å². The van der Waals surface area contributed by atoms with Gasteiger partial charge in [0.05, 0.1) is 0 Å². The van der Waals surface area contributed by atoms with Gasteiger partial charge < -0.3 is 0 Å². The number of rotatable bonds is 0. The maximum absolute atomic E-state index is 9.64. The van der Waals surface area contributed by atoms with Gasteiger partial charge >= 0.3 is 71.6 Å². The fourth-order valence-electron chi connectivity index (χ4n) is 0. The van der Waals surface area contributed by atoms with E-state index in [9.17, 15) is 3.55 Å². The van der Waals surface area contributed by atoms with Crippen LogP contribution in [-0.2, 0) is 51.9 Å². The smallest absolute Gasteiger partial charge is 0 e. The SMILES string of the molecule is [BaH2].[O]=[Cu][F].[Y]. The topological polar surface area (TPSA) is 17.1 Å². The second-order valence-electron chi connectivity index (χ2n) is 0.0465. The van der Waals surface area contributed by atoms with Crippen LogP contribution >= 0.6 is 0 Å². The molecule has 0 N–H and O–H groups in total. The molecule has 0 unspecified atom stereocenters. The number of hydrogen-bond acceptors (Lipinski definition) is 1. The molecule has 0 fully saturated rings. The van der Waals surface area contributed by atoms with Crippen molar-refractivity contribution in [1.29, 1.82) is 0 Å². The Morgan fingerprint density at radius 3 is 1.60 bits per heavy atom. The minimum atomic E-state index is -0.938. The van der Waals surface area contributed by atoms with Crippen molar-refractivity contribution in [3.8, 4) is 0 Å². The van der Waals surface area contributed by atoms with Gasteiger partial charge in [0.15, 0.2) is 0 Å². The van der Waals surface area contributed by atoms with Gasteiger partial charge in [-0.25, -0.2) is 0 Å². The van der Waals surface area contributed by atoms with Gasteiger partial charge in [0.25, 0.3) is 0 Å². The quantitative estimate of drug-likeness (QED) is 0.542. The Morgan fingerprint density at radius 1 is 1.60 bits per heavy atom. The molecule has 0 aliphatic heterocycles. The van der Waals surface area contributed by atoms with Gasteiger partial charge in [0.2, 0.25) is 0 Å². The molecule has 0 saturated heterocycles. The van der Waals surface area contributed by atoms with Crippen molar-refractivity contribution < 1.29 is 55.4 Å². The Morgan fingerprint density at radius 2 is 1.60 bits per heavy atom. The fraction of sp³-hybridized carbons (Fsp3) is 0. The van der Waals surface area contributed by atoms with Crippen molar-refractivity contribution in [1.82, 2.24) is 0 Å². The average molecular weight is 327 g/mol. The molecule has 5 heavy (non-hydrogen) atoms. The Bertz CT molecular complexity index is 19.1. The zero-order chi connectivity index (χ0) is 2.71. The molecule has 0 rings (SSSR count). The van der Waals surface area contributed by atoms with Gasteiger partial charge in [-0.1, -0.05) is 0 Å². The second-order valence-corrected chi connectivity index (χ2v) is 0.192. The Labute approximate surface area is 102 Å². The molecule has 0 aromatic carbocycles. The number of hydrogen-bond donors (Lipinski definition) is 0. The molecule has 1 radical (unpaired) electrons. The molecule has 31 valence electrons. The van der Waals surface area contributed by atoms with Crippen LogP contribution in [0, 0.1) is 0 Å². The Balaban J connectivity index is -0.0000000200. The Kier molecular flexibility index (Phi) is 49.5. The summed E-state index contributed by atoms with van der Waals surface area (Å²) in [6.45, 7) is 0. The summed E-state index contributed by atoms with van der Waals surface area (Å²) in [5, 5.41) is 0. The molecule has 1 nitrogen and oxygen atoms in total. The van der Waals surface area contributed by atoms with Gasteiger partial charge in [0, 0.05) is 32.7 Å². The van der Waals surface area contributed by atoms with Crippen molar-refractivity contribution in [2.75, 3.05) is 0 Å². The van der Waals surface area contributed by atoms with Crippen LogP contribution in [0.1, 0.15) is 0 Å². The first-order chi connectivity index (χ1) is 1.41. The predicted octanol–water partition coefficient (Wildman–Crippen LogP) is -0.620. The largest absolute Gasteiger partial charge is 0 e. The molecule has 0 spiro atoms. The summed E-state index contributed by atoms with van der Waals surface area (Å²) in [6, 6.07) is 0. The van der Waals surface area contributed by atoms with Crippen LogP contribution < -0.4 is 0 Å². The van der Waals surface area contributed by atoms with E-state index in [2.05, 4.69) is 0 Å². The van der Waals surface area contributed by atoms with E-state index in [0.29, 0.717) is 0 Å².